The summed E-state index contributed by atoms with van der Waals surface area (Å²) in [5, 5.41) is 1.32. The summed E-state index contributed by atoms with van der Waals surface area (Å²) in [6.45, 7) is -0.00725. The van der Waals surface area contributed by atoms with Gasteiger partial charge in [-0.05, 0) is 17.7 Å². The topological polar surface area (TPSA) is 38.9 Å². The van der Waals surface area contributed by atoms with Crippen LogP contribution in [0.3, 0.4) is 0 Å². The summed E-state index contributed by atoms with van der Waals surface area (Å²) in [6, 6.07) is 7.18. The van der Waals surface area contributed by atoms with Crippen LogP contribution in [0.25, 0.3) is 11.3 Å². The van der Waals surface area contributed by atoms with E-state index in [9.17, 15) is 13.2 Å². The van der Waals surface area contributed by atoms with Gasteiger partial charge in [0.25, 0.3) is 0 Å². The molecular formula is C14H11F3N2S. The molecular weight excluding hydrogens is 285 g/mol. The first-order valence-corrected chi connectivity index (χ1v) is 6.26. The van der Waals surface area contributed by atoms with Gasteiger partial charge in [-0.25, -0.2) is 0 Å². The van der Waals surface area contributed by atoms with E-state index in [0.717, 1.165) is 6.07 Å². The summed E-state index contributed by atoms with van der Waals surface area (Å²) in [5.74, 6) is 0. The monoisotopic (exact) mass is 296 g/mol. The molecule has 0 fully saturated rings. The van der Waals surface area contributed by atoms with Crippen LogP contribution in [0.2, 0.25) is 0 Å². The Balaban J connectivity index is 2.81. The van der Waals surface area contributed by atoms with Crippen LogP contribution in [0.1, 0.15) is 16.7 Å². The second-order valence-corrected chi connectivity index (χ2v) is 4.34. The number of alkyl halides is 3. The zero-order valence-corrected chi connectivity index (χ0v) is 11.1. The number of nitrogens with zero attached hydrogens (tertiary/aromatic N) is 1. The van der Waals surface area contributed by atoms with Crippen molar-refractivity contribution in [3.63, 3.8) is 0 Å². The lowest BCUT2D eigenvalue weighted by molar-refractivity contribution is -0.137. The van der Waals surface area contributed by atoms with Gasteiger partial charge < -0.3 is 5.73 Å². The lowest BCUT2D eigenvalue weighted by Gasteiger charge is -2.17. The van der Waals surface area contributed by atoms with Gasteiger partial charge in [0.1, 0.15) is 0 Å². The van der Waals surface area contributed by atoms with Crippen LogP contribution in [-0.2, 0) is 12.7 Å². The highest BCUT2D eigenvalue weighted by molar-refractivity contribution is 7.79. The highest BCUT2D eigenvalue weighted by Gasteiger charge is 2.35. The second-order valence-electron chi connectivity index (χ2n) is 4.10. The van der Waals surface area contributed by atoms with Crippen LogP contribution in [-0.4, -0.2) is 10.4 Å². The van der Waals surface area contributed by atoms with Crippen LogP contribution in [0, 0.1) is 0 Å². The fourth-order valence-electron chi connectivity index (χ4n) is 2.01. The number of benzene rings is 1. The standard InChI is InChI=1S/C14H11F3N2S/c15-14(16,17)11-5-1-3-9(7-18)12(11)13-10(8-20)4-2-6-19-13/h1-6,8H,7,18H2. The molecule has 0 atom stereocenters. The molecule has 0 saturated carbocycles. The minimum atomic E-state index is -4.48. The molecule has 0 bridgehead atoms. The predicted molar refractivity (Wildman–Crippen MR) is 75.3 cm³/mol. The van der Waals surface area contributed by atoms with Gasteiger partial charge in [-0.3, -0.25) is 4.98 Å². The maximum atomic E-state index is 13.2. The maximum absolute atomic E-state index is 13.2. The first-order valence-electron chi connectivity index (χ1n) is 5.78. The third-order valence-corrected chi connectivity index (χ3v) is 3.13. The molecule has 2 nitrogen and oxygen atoms in total. The van der Waals surface area contributed by atoms with Gasteiger partial charge >= 0.3 is 6.18 Å². The Bertz CT molecular complexity index is 639. The maximum Gasteiger partial charge on any atom is 0.417 e. The van der Waals surface area contributed by atoms with Crippen molar-refractivity contribution >= 4 is 17.6 Å². The molecule has 0 aliphatic rings. The molecule has 1 heterocycles. The molecule has 0 unspecified atom stereocenters. The van der Waals surface area contributed by atoms with Gasteiger partial charge in [0, 0.05) is 29.2 Å². The average molecular weight is 296 g/mol. The largest absolute Gasteiger partial charge is 0.417 e. The summed E-state index contributed by atoms with van der Waals surface area (Å²) in [6.07, 6.45) is -3.04. The fraction of sp³-hybridized carbons (Fsp3) is 0.143. The number of pyridine rings is 1. The highest BCUT2D eigenvalue weighted by atomic mass is 32.1. The molecule has 2 aromatic rings. The van der Waals surface area contributed by atoms with E-state index < -0.39 is 11.7 Å². The number of halogens is 3. The van der Waals surface area contributed by atoms with Gasteiger partial charge in [-0.1, -0.05) is 30.4 Å². The lowest BCUT2D eigenvalue weighted by atomic mass is 9.95. The second kappa shape index (κ2) is 5.68. The number of rotatable bonds is 3. The minimum Gasteiger partial charge on any atom is -0.326 e. The number of hydrogen-bond acceptors (Lipinski definition) is 3. The molecule has 6 heteroatoms. The van der Waals surface area contributed by atoms with Crippen molar-refractivity contribution in [3.05, 3.63) is 53.2 Å². The summed E-state index contributed by atoms with van der Waals surface area (Å²) in [7, 11) is 0. The Morgan fingerprint density at radius 2 is 1.95 bits per heavy atom. The van der Waals surface area contributed by atoms with Gasteiger partial charge in [0.05, 0.1) is 11.3 Å². The van der Waals surface area contributed by atoms with E-state index >= 15 is 0 Å². The smallest absolute Gasteiger partial charge is 0.326 e. The summed E-state index contributed by atoms with van der Waals surface area (Å²) in [5.41, 5.74) is 5.86. The van der Waals surface area contributed by atoms with E-state index in [0.29, 0.717) is 11.1 Å². The van der Waals surface area contributed by atoms with E-state index in [1.54, 1.807) is 18.2 Å². The Labute approximate surface area is 119 Å². The quantitative estimate of drug-likeness (QED) is 0.880. The zero-order valence-electron chi connectivity index (χ0n) is 10.3. The Morgan fingerprint density at radius 3 is 2.55 bits per heavy atom. The van der Waals surface area contributed by atoms with Gasteiger partial charge in [0.2, 0.25) is 0 Å². The Hall–Kier alpha value is -1.79. The van der Waals surface area contributed by atoms with Crippen molar-refractivity contribution in [2.75, 3.05) is 0 Å². The number of hydrogen-bond donors (Lipinski definition) is 1. The molecule has 2 N–H and O–H groups in total. The van der Waals surface area contributed by atoms with E-state index in [2.05, 4.69) is 4.98 Å². The summed E-state index contributed by atoms with van der Waals surface area (Å²) >= 11 is 4.84. The van der Waals surface area contributed by atoms with Crippen LogP contribution < -0.4 is 5.73 Å². The molecule has 0 aliphatic heterocycles. The van der Waals surface area contributed by atoms with Crippen molar-refractivity contribution < 1.29 is 13.2 Å². The molecule has 104 valence electrons. The van der Waals surface area contributed by atoms with Gasteiger partial charge in [-0.2, -0.15) is 13.2 Å². The molecule has 1 aromatic heterocycles. The van der Waals surface area contributed by atoms with Crippen LogP contribution in [0.4, 0.5) is 13.2 Å². The third kappa shape index (κ3) is 2.71. The number of thiocarbonyl (C=S) groups is 1. The molecule has 20 heavy (non-hydrogen) atoms. The number of aromatic nitrogens is 1. The van der Waals surface area contributed by atoms with Crippen molar-refractivity contribution in [2.45, 2.75) is 12.7 Å². The minimum absolute atomic E-state index is 0.000741. The van der Waals surface area contributed by atoms with Crippen LogP contribution in [0.5, 0.6) is 0 Å². The third-order valence-electron chi connectivity index (χ3n) is 2.88. The first kappa shape index (κ1) is 14.6. The van der Waals surface area contributed by atoms with Crippen LogP contribution >= 0.6 is 12.2 Å². The normalized spacial score (nSPS) is 11.4. The van der Waals surface area contributed by atoms with E-state index in [1.807, 2.05) is 0 Å². The molecule has 0 radical (unpaired) electrons. The molecule has 1 aromatic carbocycles. The van der Waals surface area contributed by atoms with E-state index in [1.165, 1.54) is 17.6 Å². The molecule has 2 rings (SSSR count). The van der Waals surface area contributed by atoms with Crippen molar-refractivity contribution in [2.24, 2.45) is 5.73 Å². The first-order chi connectivity index (χ1) is 9.49. The predicted octanol–water partition coefficient (Wildman–Crippen LogP) is 3.57. The fourth-order valence-corrected chi connectivity index (χ4v) is 2.20. The van der Waals surface area contributed by atoms with Gasteiger partial charge in [0.15, 0.2) is 0 Å². The van der Waals surface area contributed by atoms with Gasteiger partial charge in [-0.15, -0.1) is 0 Å². The van der Waals surface area contributed by atoms with Crippen molar-refractivity contribution in [3.8, 4) is 11.3 Å². The van der Waals surface area contributed by atoms with Crippen LogP contribution in [0.15, 0.2) is 36.5 Å². The molecule has 0 saturated heterocycles. The summed E-state index contributed by atoms with van der Waals surface area (Å²) < 4.78 is 39.5. The van der Waals surface area contributed by atoms with E-state index in [4.69, 9.17) is 18.0 Å². The molecule has 0 amide bonds. The summed E-state index contributed by atoms with van der Waals surface area (Å²) in [4.78, 5) is 4.05. The lowest BCUT2D eigenvalue weighted by Crippen LogP contribution is -2.12. The Kier molecular flexibility index (Phi) is 4.15. The molecule has 0 spiro atoms. The Morgan fingerprint density at radius 1 is 1.20 bits per heavy atom. The average Bonchev–Trinajstić information content (AvgIpc) is 2.45. The van der Waals surface area contributed by atoms with Crippen molar-refractivity contribution in [1.29, 1.82) is 0 Å². The SMILES string of the molecule is NCc1cccc(C(F)(F)F)c1-c1ncccc1C=S. The van der Waals surface area contributed by atoms with E-state index in [-0.39, 0.29) is 17.8 Å². The molecule has 0 aliphatic carbocycles. The zero-order chi connectivity index (χ0) is 14.8. The number of nitrogens with two attached hydrogens (primary N) is 1. The highest BCUT2D eigenvalue weighted by Crippen LogP contribution is 2.39. The van der Waals surface area contributed by atoms with Crippen molar-refractivity contribution in [1.82, 2.24) is 4.98 Å².